The topological polar surface area (TPSA) is 12.0 Å². The van der Waals surface area contributed by atoms with Gasteiger partial charge in [-0.3, -0.25) is 0 Å². The molecule has 2 aromatic carbocycles. The van der Waals surface area contributed by atoms with Crippen molar-refractivity contribution in [2.75, 3.05) is 13.6 Å². The second-order valence-corrected chi connectivity index (χ2v) is 4.75. The number of nitrogens with one attached hydrogen (secondary N) is 1. The van der Waals surface area contributed by atoms with Crippen LogP contribution in [0.15, 0.2) is 42.5 Å². The Morgan fingerprint density at radius 1 is 1.00 bits per heavy atom. The van der Waals surface area contributed by atoms with Crippen LogP contribution >= 0.6 is 0 Å². The van der Waals surface area contributed by atoms with Gasteiger partial charge in [0.05, 0.1) is 0 Å². The molecule has 0 fully saturated rings. The summed E-state index contributed by atoms with van der Waals surface area (Å²) in [6, 6.07) is 9.61. The molecule has 20 heavy (non-hydrogen) atoms. The molecular formula is C16H16F3N. The largest absolute Gasteiger partial charge is 0.319 e. The van der Waals surface area contributed by atoms with Gasteiger partial charge in [-0.15, -0.1) is 0 Å². The molecule has 0 heterocycles. The molecule has 0 saturated carbocycles. The van der Waals surface area contributed by atoms with Crippen molar-refractivity contribution in [2.45, 2.75) is 12.3 Å². The third kappa shape index (κ3) is 3.61. The molecule has 0 aliphatic heterocycles. The van der Waals surface area contributed by atoms with E-state index in [9.17, 15) is 13.2 Å². The van der Waals surface area contributed by atoms with Crippen LogP contribution in [0.3, 0.4) is 0 Å². The number of likely N-dealkylation sites (N-methyl/N-ethyl adjacent to an activating group) is 1. The Labute approximate surface area is 116 Å². The van der Waals surface area contributed by atoms with Crippen LogP contribution in [0, 0.1) is 17.5 Å². The minimum absolute atomic E-state index is 0.119. The van der Waals surface area contributed by atoms with Gasteiger partial charge in [0.25, 0.3) is 0 Å². The van der Waals surface area contributed by atoms with E-state index >= 15 is 0 Å². The maximum Gasteiger partial charge on any atom is 0.126 e. The van der Waals surface area contributed by atoms with Gasteiger partial charge in [0.15, 0.2) is 0 Å². The van der Waals surface area contributed by atoms with Gasteiger partial charge in [-0.1, -0.05) is 12.1 Å². The lowest BCUT2D eigenvalue weighted by atomic mass is 9.91. The summed E-state index contributed by atoms with van der Waals surface area (Å²) in [6.07, 6.45) is 0.313. The maximum atomic E-state index is 13.7. The van der Waals surface area contributed by atoms with Gasteiger partial charge in [-0.25, -0.2) is 13.2 Å². The van der Waals surface area contributed by atoms with Gasteiger partial charge >= 0.3 is 0 Å². The van der Waals surface area contributed by atoms with E-state index in [0.29, 0.717) is 18.5 Å². The van der Waals surface area contributed by atoms with Crippen molar-refractivity contribution >= 4 is 0 Å². The van der Waals surface area contributed by atoms with Crippen molar-refractivity contribution in [3.8, 4) is 0 Å². The molecule has 0 bridgehead atoms. The van der Waals surface area contributed by atoms with Crippen LogP contribution in [-0.4, -0.2) is 13.6 Å². The molecule has 0 spiro atoms. The average molecular weight is 279 g/mol. The van der Waals surface area contributed by atoms with Crippen LogP contribution < -0.4 is 5.32 Å². The monoisotopic (exact) mass is 279 g/mol. The summed E-state index contributed by atoms with van der Waals surface area (Å²) < 4.78 is 40.2. The smallest absolute Gasteiger partial charge is 0.126 e. The highest BCUT2D eigenvalue weighted by atomic mass is 19.1. The maximum absolute atomic E-state index is 13.7. The fourth-order valence-electron chi connectivity index (χ4n) is 2.28. The molecule has 0 radical (unpaired) electrons. The van der Waals surface area contributed by atoms with Crippen molar-refractivity contribution < 1.29 is 13.2 Å². The lowest BCUT2D eigenvalue weighted by Crippen LogP contribution is -2.19. The second-order valence-electron chi connectivity index (χ2n) is 4.75. The Hall–Kier alpha value is -1.81. The Bertz CT molecular complexity index is 584. The fraction of sp³-hybridized carbons (Fsp3) is 0.250. The van der Waals surface area contributed by atoms with E-state index in [1.54, 1.807) is 19.2 Å². The zero-order chi connectivity index (χ0) is 14.5. The first-order valence-corrected chi connectivity index (χ1v) is 6.44. The summed E-state index contributed by atoms with van der Waals surface area (Å²) >= 11 is 0. The minimum Gasteiger partial charge on any atom is -0.319 e. The van der Waals surface area contributed by atoms with Gasteiger partial charge in [0, 0.05) is 12.5 Å². The van der Waals surface area contributed by atoms with Crippen LogP contribution in [0.25, 0.3) is 0 Å². The van der Waals surface area contributed by atoms with Crippen molar-refractivity contribution in [1.29, 1.82) is 0 Å². The van der Waals surface area contributed by atoms with Crippen LogP contribution in [0.4, 0.5) is 13.2 Å². The summed E-state index contributed by atoms with van der Waals surface area (Å²) in [5, 5.41) is 3.00. The Balaban J connectivity index is 2.27. The zero-order valence-corrected chi connectivity index (χ0v) is 11.2. The first-order chi connectivity index (χ1) is 9.60. The van der Waals surface area contributed by atoms with Gasteiger partial charge in [-0.2, -0.15) is 0 Å². The highest BCUT2D eigenvalue weighted by Gasteiger charge is 2.15. The molecule has 2 aromatic rings. The standard InChI is InChI=1S/C16H16F3N/c1-20-10-13(11-3-2-4-14(17)8-11)7-12-9-15(18)5-6-16(12)19/h2-6,8-9,13,20H,7,10H2,1H3. The fourth-order valence-corrected chi connectivity index (χ4v) is 2.28. The van der Waals surface area contributed by atoms with E-state index in [1.807, 2.05) is 0 Å². The summed E-state index contributed by atoms with van der Waals surface area (Å²) in [5.41, 5.74) is 1.07. The van der Waals surface area contributed by atoms with Crippen LogP contribution in [-0.2, 0) is 6.42 Å². The molecule has 2 rings (SSSR count). The first-order valence-electron chi connectivity index (χ1n) is 6.44. The Kier molecular flexibility index (Phi) is 4.79. The number of rotatable bonds is 5. The van der Waals surface area contributed by atoms with E-state index in [2.05, 4.69) is 5.32 Å². The lowest BCUT2D eigenvalue weighted by Gasteiger charge is -2.17. The first kappa shape index (κ1) is 14.6. The quantitative estimate of drug-likeness (QED) is 0.881. The van der Waals surface area contributed by atoms with E-state index < -0.39 is 11.6 Å². The van der Waals surface area contributed by atoms with Gasteiger partial charge < -0.3 is 5.32 Å². The van der Waals surface area contributed by atoms with Crippen LogP contribution in [0.2, 0.25) is 0 Å². The summed E-state index contributed by atoms with van der Waals surface area (Å²) in [6.45, 7) is 0.555. The number of hydrogen-bond donors (Lipinski definition) is 1. The van der Waals surface area contributed by atoms with Crippen molar-refractivity contribution in [3.05, 3.63) is 71.0 Å². The molecule has 0 aliphatic carbocycles. The summed E-state index contributed by atoms with van der Waals surface area (Å²) in [5.74, 6) is -1.36. The Morgan fingerprint density at radius 2 is 1.75 bits per heavy atom. The summed E-state index contributed by atoms with van der Waals surface area (Å²) in [4.78, 5) is 0. The SMILES string of the molecule is CNCC(Cc1cc(F)ccc1F)c1cccc(F)c1. The predicted octanol–water partition coefficient (Wildman–Crippen LogP) is 3.65. The molecule has 0 saturated heterocycles. The molecule has 4 heteroatoms. The normalized spacial score (nSPS) is 12.4. The molecule has 1 N–H and O–H groups in total. The molecule has 0 aromatic heterocycles. The van der Waals surface area contributed by atoms with E-state index in [1.165, 1.54) is 18.2 Å². The minimum atomic E-state index is -0.469. The van der Waals surface area contributed by atoms with E-state index in [-0.39, 0.29) is 11.7 Å². The van der Waals surface area contributed by atoms with Gasteiger partial charge in [-0.05, 0) is 54.9 Å². The van der Waals surface area contributed by atoms with Gasteiger partial charge in [0.1, 0.15) is 17.5 Å². The van der Waals surface area contributed by atoms with E-state index in [0.717, 1.165) is 17.7 Å². The molecule has 0 amide bonds. The highest BCUT2D eigenvalue weighted by molar-refractivity contribution is 5.26. The summed E-state index contributed by atoms with van der Waals surface area (Å²) in [7, 11) is 1.77. The highest BCUT2D eigenvalue weighted by Crippen LogP contribution is 2.23. The second kappa shape index (κ2) is 6.57. The van der Waals surface area contributed by atoms with E-state index in [4.69, 9.17) is 0 Å². The molecular weight excluding hydrogens is 263 g/mol. The van der Waals surface area contributed by atoms with Crippen LogP contribution in [0.5, 0.6) is 0 Å². The lowest BCUT2D eigenvalue weighted by molar-refractivity contribution is 0.557. The van der Waals surface area contributed by atoms with Crippen LogP contribution in [0.1, 0.15) is 17.0 Å². The third-order valence-electron chi connectivity index (χ3n) is 3.24. The van der Waals surface area contributed by atoms with Crippen molar-refractivity contribution in [1.82, 2.24) is 5.32 Å². The van der Waals surface area contributed by atoms with Gasteiger partial charge in [0.2, 0.25) is 0 Å². The van der Waals surface area contributed by atoms with Crippen molar-refractivity contribution in [3.63, 3.8) is 0 Å². The molecule has 1 nitrogen and oxygen atoms in total. The molecule has 106 valence electrons. The molecule has 1 unspecified atom stereocenters. The number of benzene rings is 2. The van der Waals surface area contributed by atoms with Crippen molar-refractivity contribution in [2.24, 2.45) is 0 Å². The average Bonchev–Trinajstić information content (AvgIpc) is 2.42. The molecule has 0 aliphatic rings. The number of hydrogen-bond acceptors (Lipinski definition) is 1. The molecule has 1 atom stereocenters. The third-order valence-corrected chi connectivity index (χ3v) is 3.24. The number of halogens is 3. The predicted molar refractivity (Wildman–Crippen MR) is 73.1 cm³/mol. The Morgan fingerprint density at radius 3 is 2.45 bits per heavy atom. The zero-order valence-electron chi connectivity index (χ0n) is 11.2.